The normalized spacial score (nSPS) is 20.0. The first-order valence-electron chi connectivity index (χ1n) is 6.59. The molecule has 1 saturated heterocycles. The first-order valence-corrected chi connectivity index (χ1v) is 8.37. The van der Waals surface area contributed by atoms with Gasteiger partial charge in [-0.25, -0.2) is 4.79 Å². The van der Waals surface area contributed by atoms with Crippen molar-refractivity contribution < 1.29 is 14.6 Å². The van der Waals surface area contributed by atoms with Gasteiger partial charge in [-0.3, -0.25) is 4.90 Å². The van der Waals surface area contributed by atoms with Crippen LogP contribution in [0, 0.1) is 0 Å². The summed E-state index contributed by atoms with van der Waals surface area (Å²) < 4.78 is 6.36. The molecule has 1 fully saturated rings. The van der Waals surface area contributed by atoms with Crippen LogP contribution in [0.1, 0.15) is 17.3 Å². The molecule has 0 bridgehead atoms. The minimum atomic E-state index is -0.912. The third-order valence-electron chi connectivity index (χ3n) is 3.27. The summed E-state index contributed by atoms with van der Waals surface area (Å²) in [5.41, 5.74) is 0.301. The summed E-state index contributed by atoms with van der Waals surface area (Å²) in [5, 5.41) is 9.10. The van der Waals surface area contributed by atoms with Crippen LogP contribution in [0.15, 0.2) is 27.6 Å². The molecule has 0 aromatic heterocycles. The number of carboxylic acid groups (broad SMARTS) is 1. The van der Waals surface area contributed by atoms with Gasteiger partial charge in [-0.1, -0.05) is 6.92 Å². The van der Waals surface area contributed by atoms with Crippen LogP contribution in [0.5, 0.6) is 0 Å². The highest BCUT2D eigenvalue weighted by molar-refractivity contribution is 9.10. The first kappa shape index (κ1) is 15.8. The van der Waals surface area contributed by atoms with E-state index in [9.17, 15) is 4.79 Å². The smallest absolute Gasteiger partial charge is 0.336 e. The standard InChI is InChI=1S/C14H18BrNO3S/c1-2-16-5-6-19-10(8-16)9-20-11-3-4-13(15)12(7-11)14(17)18/h3-4,7,10H,2,5-6,8-9H2,1H3,(H,17,18). The van der Waals surface area contributed by atoms with Gasteiger partial charge in [0.2, 0.25) is 0 Å². The molecule has 1 heterocycles. The van der Waals surface area contributed by atoms with Gasteiger partial charge in [-0.2, -0.15) is 0 Å². The van der Waals surface area contributed by atoms with E-state index < -0.39 is 5.97 Å². The fourth-order valence-electron chi connectivity index (χ4n) is 2.12. The van der Waals surface area contributed by atoms with Crippen molar-refractivity contribution in [2.24, 2.45) is 0 Å². The number of benzene rings is 1. The van der Waals surface area contributed by atoms with Crippen molar-refractivity contribution >= 4 is 33.7 Å². The van der Waals surface area contributed by atoms with E-state index in [4.69, 9.17) is 9.84 Å². The molecule has 1 aliphatic rings. The Labute approximate surface area is 131 Å². The summed E-state index contributed by atoms with van der Waals surface area (Å²) in [5.74, 6) is -0.0672. The molecular weight excluding hydrogens is 342 g/mol. The molecular formula is C14H18BrNO3S. The SMILES string of the molecule is CCN1CCOC(CSc2ccc(Br)c(C(=O)O)c2)C1. The van der Waals surface area contributed by atoms with Crippen LogP contribution >= 0.6 is 27.7 Å². The van der Waals surface area contributed by atoms with Crippen LogP contribution in [0.3, 0.4) is 0 Å². The van der Waals surface area contributed by atoms with Crippen molar-refractivity contribution in [3.8, 4) is 0 Å². The number of ether oxygens (including phenoxy) is 1. The number of carboxylic acids is 1. The van der Waals surface area contributed by atoms with Gasteiger partial charge in [-0.05, 0) is 40.7 Å². The maximum absolute atomic E-state index is 11.1. The number of hydrogen-bond acceptors (Lipinski definition) is 4. The fraction of sp³-hybridized carbons (Fsp3) is 0.500. The molecule has 1 aliphatic heterocycles. The minimum Gasteiger partial charge on any atom is -0.478 e. The monoisotopic (exact) mass is 359 g/mol. The van der Waals surface area contributed by atoms with E-state index in [-0.39, 0.29) is 6.10 Å². The lowest BCUT2D eigenvalue weighted by atomic mass is 10.2. The molecule has 0 spiro atoms. The van der Waals surface area contributed by atoms with E-state index in [1.807, 2.05) is 6.07 Å². The van der Waals surface area contributed by atoms with Crippen LogP contribution in [0.2, 0.25) is 0 Å². The molecule has 0 radical (unpaired) electrons. The third kappa shape index (κ3) is 4.22. The average molecular weight is 360 g/mol. The second-order valence-corrected chi connectivity index (χ2v) is 6.59. The number of carbonyl (C=O) groups is 1. The summed E-state index contributed by atoms with van der Waals surface area (Å²) in [4.78, 5) is 14.4. The van der Waals surface area contributed by atoms with Gasteiger partial charge in [0.1, 0.15) is 0 Å². The van der Waals surface area contributed by atoms with E-state index in [1.54, 1.807) is 23.9 Å². The van der Waals surface area contributed by atoms with E-state index in [2.05, 4.69) is 27.8 Å². The Morgan fingerprint density at radius 3 is 3.10 bits per heavy atom. The predicted octanol–water partition coefficient (Wildman–Crippen LogP) is 2.96. The van der Waals surface area contributed by atoms with Crippen molar-refractivity contribution in [2.45, 2.75) is 17.9 Å². The van der Waals surface area contributed by atoms with E-state index in [0.717, 1.165) is 36.9 Å². The molecule has 0 aliphatic carbocycles. The molecule has 1 aromatic carbocycles. The average Bonchev–Trinajstić information content (AvgIpc) is 2.46. The number of halogens is 1. The van der Waals surface area contributed by atoms with Crippen molar-refractivity contribution in [1.82, 2.24) is 4.90 Å². The van der Waals surface area contributed by atoms with Crippen molar-refractivity contribution in [3.05, 3.63) is 28.2 Å². The lowest BCUT2D eigenvalue weighted by Crippen LogP contribution is -2.43. The maximum atomic E-state index is 11.1. The van der Waals surface area contributed by atoms with Crippen LogP contribution in [0.4, 0.5) is 0 Å². The van der Waals surface area contributed by atoms with Crippen LogP contribution in [-0.4, -0.2) is 54.1 Å². The number of aromatic carboxylic acids is 1. The lowest BCUT2D eigenvalue weighted by molar-refractivity contribution is -0.0137. The highest BCUT2D eigenvalue weighted by Crippen LogP contribution is 2.26. The Kier molecular flexibility index (Phi) is 5.89. The van der Waals surface area contributed by atoms with Crippen molar-refractivity contribution in [3.63, 3.8) is 0 Å². The summed E-state index contributed by atoms with van der Waals surface area (Å²) in [6, 6.07) is 5.42. The number of rotatable bonds is 5. The van der Waals surface area contributed by atoms with Crippen LogP contribution < -0.4 is 0 Å². The van der Waals surface area contributed by atoms with Crippen LogP contribution in [-0.2, 0) is 4.74 Å². The van der Waals surface area contributed by atoms with Gasteiger partial charge in [-0.15, -0.1) is 11.8 Å². The van der Waals surface area contributed by atoms with E-state index in [1.165, 1.54) is 0 Å². The third-order valence-corrected chi connectivity index (χ3v) is 5.09. The molecule has 110 valence electrons. The molecule has 1 aromatic rings. The van der Waals surface area contributed by atoms with Crippen molar-refractivity contribution in [1.29, 1.82) is 0 Å². The van der Waals surface area contributed by atoms with Gasteiger partial charge < -0.3 is 9.84 Å². The summed E-state index contributed by atoms with van der Waals surface area (Å²) in [6.45, 7) is 5.93. The first-order chi connectivity index (χ1) is 9.60. The highest BCUT2D eigenvalue weighted by atomic mass is 79.9. The molecule has 6 heteroatoms. The van der Waals surface area contributed by atoms with Crippen LogP contribution in [0.25, 0.3) is 0 Å². The van der Waals surface area contributed by atoms with Gasteiger partial charge in [0.05, 0.1) is 18.3 Å². The fourth-order valence-corrected chi connectivity index (χ4v) is 3.48. The Balaban J connectivity index is 1.93. The number of likely N-dealkylation sites (N-methyl/N-ethyl adjacent to an activating group) is 1. The summed E-state index contributed by atoms with van der Waals surface area (Å²) in [6.07, 6.45) is 0.214. The number of hydrogen-bond donors (Lipinski definition) is 1. The van der Waals surface area contributed by atoms with Gasteiger partial charge >= 0.3 is 5.97 Å². The summed E-state index contributed by atoms with van der Waals surface area (Å²) in [7, 11) is 0. The molecule has 0 saturated carbocycles. The van der Waals surface area contributed by atoms with E-state index in [0.29, 0.717) is 10.0 Å². The largest absolute Gasteiger partial charge is 0.478 e. The zero-order valence-corrected chi connectivity index (χ0v) is 13.7. The minimum absolute atomic E-state index is 0.214. The molecule has 20 heavy (non-hydrogen) atoms. The number of morpholine rings is 1. The highest BCUT2D eigenvalue weighted by Gasteiger charge is 2.19. The lowest BCUT2D eigenvalue weighted by Gasteiger charge is -2.31. The second-order valence-electron chi connectivity index (χ2n) is 4.64. The molecule has 1 atom stereocenters. The van der Waals surface area contributed by atoms with Gasteiger partial charge in [0.15, 0.2) is 0 Å². The Morgan fingerprint density at radius 2 is 2.40 bits per heavy atom. The van der Waals surface area contributed by atoms with Gasteiger partial charge in [0, 0.05) is 28.2 Å². The Hall–Kier alpha value is -0.560. The molecule has 1 N–H and O–H groups in total. The zero-order valence-electron chi connectivity index (χ0n) is 11.3. The second kappa shape index (κ2) is 7.45. The zero-order chi connectivity index (χ0) is 14.5. The Morgan fingerprint density at radius 1 is 1.60 bits per heavy atom. The number of thioether (sulfide) groups is 1. The molecule has 1 unspecified atom stereocenters. The quantitative estimate of drug-likeness (QED) is 0.819. The maximum Gasteiger partial charge on any atom is 0.336 e. The van der Waals surface area contributed by atoms with Crippen molar-refractivity contribution in [2.75, 3.05) is 32.0 Å². The molecule has 0 amide bonds. The number of nitrogens with zero attached hydrogens (tertiary/aromatic N) is 1. The van der Waals surface area contributed by atoms with E-state index >= 15 is 0 Å². The Bertz CT molecular complexity index is 483. The summed E-state index contributed by atoms with van der Waals surface area (Å²) >= 11 is 4.90. The molecule has 4 nitrogen and oxygen atoms in total. The topological polar surface area (TPSA) is 49.8 Å². The van der Waals surface area contributed by atoms with Gasteiger partial charge in [0.25, 0.3) is 0 Å². The molecule has 2 rings (SSSR count). The predicted molar refractivity (Wildman–Crippen MR) is 83.7 cm³/mol.